The van der Waals surface area contributed by atoms with Gasteiger partial charge in [0.2, 0.25) is 17.7 Å². The molecule has 4 amide bonds. The second kappa shape index (κ2) is 15.1. The number of primary amides is 1. The average molecular weight is 616 g/mol. The summed E-state index contributed by atoms with van der Waals surface area (Å²) in [5.41, 5.74) is 6.31. The van der Waals surface area contributed by atoms with Gasteiger partial charge in [-0.25, -0.2) is 0 Å². The van der Waals surface area contributed by atoms with Crippen molar-refractivity contribution < 1.29 is 24.3 Å². The molecule has 0 saturated carbocycles. The molecule has 0 unspecified atom stereocenters. The highest BCUT2D eigenvalue weighted by molar-refractivity contribution is 6.01. The molecule has 1 aliphatic rings. The summed E-state index contributed by atoms with van der Waals surface area (Å²) in [6, 6.07) is 19.8. The highest BCUT2D eigenvalue weighted by atomic mass is 16.3. The number of aliphatic hydroxyl groups is 1. The number of carbonyl (C=O) groups is 4. The molecular weight excluding hydrogens is 570 g/mol. The minimum Gasteiger partial charge on any atom is -0.390 e. The molecule has 0 bridgehead atoms. The molecule has 1 fully saturated rings. The molecule has 45 heavy (non-hydrogen) atoms. The Balaban J connectivity index is 1.52. The van der Waals surface area contributed by atoms with Gasteiger partial charge in [-0.3, -0.25) is 24.1 Å². The Morgan fingerprint density at radius 1 is 0.933 bits per heavy atom. The van der Waals surface area contributed by atoms with E-state index in [1.165, 1.54) is 0 Å². The number of nitrogens with one attached hydrogen (secondary N) is 3. The lowest BCUT2D eigenvalue weighted by Gasteiger charge is -2.39. The van der Waals surface area contributed by atoms with Crippen LogP contribution in [0.3, 0.4) is 0 Å². The molecular formula is C35H45N5O5. The Morgan fingerprint density at radius 2 is 1.62 bits per heavy atom. The van der Waals surface area contributed by atoms with E-state index in [-0.39, 0.29) is 12.5 Å². The minimum absolute atomic E-state index is 0.0871. The fourth-order valence-corrected chi connectivity index (χ4v) is 5.74. The van der Waals surface area contributed by atoms with Crippen LogP contribution in [0.5, 0.6) is 0 Å². The summed E-state index contributed by atoms with van der Waals surface area (Å²) in [5, 5.41) is 22.0. The number of amides is 4. The van der Waals surface area contributed by atoms with E-state index in [0.717, 1.165) is 29.2 Å². The van der Waals surface area contributed by atoms with E-state index in [4.69, 9.17) is 5.73 Å². The number of hydrogen-bond acceptors (Lipinski definition) is 6. The van der Waals surface area contributed by atoms with Crippen LogP contribution in [-0.4, -0.2) is 76.5 Å². The van der Waals surface area contributed by atoms with Gasteiger partial charge in [0.05, 0.1) is 24.6 Å². The highest BCUT2D eigenvalue weighted by Crippen LogP contribution is 2.20. The van der Waals surface area contributed by atoms with Crippen LogP contribution in [0.2, 0.25) is 0 Å². The molecule has 0 aromatic heterocycles. The van der Waals surface area contributed by atoms with E-state index in [0.29, 0.717) is 24.9 Å². The third-order valence-corrected chi connectivity index (χ3v) is 7.97. The standard InChI is InChI=1S/C35H45N5O5/c1-35(2,3)39-34(45)29-15-9-10-18-40(29)22-30(41)27(19-23-11-5-4-6-12-23)37-33(44)28(21-31(36)42)38-32(43)26-17-16-24-13-7-8-14-25(24)20-26/h4-8,11-14,16-17,20,27-30,41H,9-10,15,18-19,21-22H2,1-3H3,(H2,36,42)(H,37,44)(H,38,43)(H,39,45)/t27-,28-,29-,30+/m0/s1. The number of benzene rings is 3. The zero-order valence-electron chi connectivity index (χ0n) is 26.3. The molecule has 1 heterocycles. The maximum atomic E-state index is 13.7. The zero-order valence-corrected chi connectivity index (χ0v) is 26.3. The van der Waals surface area contributed by atoms with Gasteiger partial charge in [0.1, 0.15) is 6.04 Å². The number of carbonyl (C=O) groups excluding carboxylic acids is 4. The van der Waals surface area contributed by atoms with Crippen molar-refractivity contribution in [3.05, 3.63) is 83.9 Å². The predicted octanol–water partition coefficient (Wildman–Crippen LogP) is 2.67. The summed E-state index contributed by atoms with van der Waals surface area (Å²) < 4.78 is 0. The third-order valence-electron chi connectivity index (χ3n) is 7.97. The zero-order chi connectivity index (χ0) is 32.6. The summed E-state index contributed by atoms with van der Waals surface area (Å²) >= 11 is 0. The van der Waals surface area contributed by atoms with E-state index in [9.17, 15) is 24.3 Å². The highest BCUT2D eigenvalue weighted by Gasteiger charge is 2.35. The number of hydrogen-bond donors (Lipinski definition) is 5. The van der Waals surface area contributed by atoms with Crippen molar-refractivity contribution >= 4 is 34.4 Å². The van der Waals surface area contributed by atoms with E-state index >= 15 is 0 Å². The Bertz CT molecular complexity index is 1490. The Hall–Kier alpha value is -4.28. The number of β-amino-alcohol motifs (C(OH)–C–C–N with tert-alkyl or cyclic N) is 1. The van der Waals surface area contributed by atoms with Crippen LogP contribution >= 0.6 is 0 Å². The molecule has 0 spiro atoms. The molecule has 3 aromatic rings. The molecule has 4 rings (SSSR count). The topological polar surface area (TPSA) is 154 Å². The van der Waals surface area contributed by atoms with E-state index < -0.39 is 53.9 Å². The van der Waals surface area contributed by atoms with E-state index in [2.05, 4.69) is 16.0 Å². The van der Waals surface area contributed by atoms with E-state index in [1.54, 1.807) is 12.1 Å². The lowest BCUT2D eigenvalue weighted by molar-refractivity contribution is -0.131. The van der Waals surface area contributed by atoms with Crippen LogP contribution in [0, 0.1) is 0 Å². The number of rotatable bonds is 12. The third kappa shape index (κ3) is 9.86. The Kier molecular flexibility index (Phi) is 11.3. The van der Waals surface area contributed by atoms with Crippen molar-refractivity contribution in [1.82, 2.24) is 20.9 Å². The molecule has 0 radical (unpaired) electrons. The smallest absolute Gasteiger partial charge is 0.251 e. The van der Waals surface area contributed by atoms with Gasteiger partial charge in [-0.05, 0) is 75.0 Å². The van der Waals surface area contributed by atoms with Crippen molar-refractivity contribution in [3.63, 3.8) is 0 Å². The fourth-order valence-electron chi connectivity index (χ4n) is 5.74. The van der Waals surface area contributed by atoms with Crippen molar-refractivity contribution in [3.8, 4) is 0 Å². The van der Waals surface area contributed by atoms with E-state index in [1.807, 2.05) is 86.3 Å². The Morgan fingerprint density at radius 3 is 2.31 bits per heavy atom. The van der Waals surface area contributed by atoms with Crippen LogP contribution in [0.4, 0.5) is 0 Å². The monoisotopic (exact) mass is 615 g/mol. The molecule has 3 aromatic carbocycles. The Labute approximate surface area is 264 Å². The lowest BCUT2D eigenvalue weighted by atomic mass is 9.96. The first kappa shape index (κ1) is 33.6. The van der Waals surface area contributed by atoms with Crippen LogP contribution in [0.15, 0.2) is 72.8 Å². The van der Waals surface area contributed by atoms with Crippen LogP contribution in [0.1, 0.15) is 62.4 Å². The number of nitrogens with two attached hydrogens (primary N) is 1. The molecule has 6 N–H and O–H groups in total. The van der Waals surface area contributed by atoms with Gasteiger partial charge < -0.3 is 26.8 Å². The first-order valence-corrected chi connectivity index (χ1v) is 15.6. The van der Waals surface area contributed by atoms with Gasteiger partial charge >= 0.3 is 0 Å². The van der Waals surface area contributed by atoms with Crippen molar-refractivity contribution in [1.29, 1.82) is 0 Å². The fraction of sp³-hybridized carbons (Fsp3) is 0.429. The maximum Gasteiger partial charge on any atom is 0.251 e. The largest absolute Gasteiger partial charge is 0.390 e. The average Bonchev–Trinajstić information content (AvgIpc) is 2.99. The summed E-state index contributed by atoms with van der Waals surface area (Å²) in [6.07, 6.45) is 1.30. The van der Waals surface area contributed by atoms with Gasteiger partial charge in [0, 0.05) is 17.6 Å². The number of aliphatic hydroxyl groups excluding tert-OH is 1. The molecule has 0 aliphatic carbocycles. The van der Waals surface area contributed by atoms with Gasteiger partial charge in [-0.1, -0.05) is 67.1 Å². The molecule has 1 aliphatic heterocycles. The quantitative estimate of drug-likeness (QED) is 0.211. The number of nitrogens with zero attached hydrogens (tertiary/aromatic N) is 1. The summed E-state index contributed by atoms with van der Waals surface area (Å²) in [7, 11) is 0. The van der Waals surface area contributed by atoms with Gasteiger partial charge in [-0.15, -0.1) is 0 Å². The second-order valence-electron chi connectivity index (χ2n) is 12.9. The van der Waals surface area contributed by atoms with Crippen LogP contribution in [0.25, 0.3) is 10.8 Å². The van der Waals surface area contributed by atoms with Gasteiger partial charge in [0.25, 0.3) is 5.91 Å². The molecule has 1 saturated heterocycles. The lowest BCUT2D eigenvalue weighted by Crippen LogP contribution is -2.59. The summed E-state index contributed by atoms with van der Waals surface area (Å²) in [6.45, 7) is 6.58. The molecule has 4 atom stereocenters. The SMILES string of the molecule is CC(C)(C)NC(=O)[C@@H]1CCCCN1C[C@@H](O)[C@H](Cc1ccccc1)NC(=O)[C@H](CC(N)=O)NC(=O)c1ccc2ccccc2c1. The van der Waals surface area contributed by atoms with Gasteiger partial charge in [0.15, 0.2) is 0 Å². The first-order valence-electron chi connectivity index (χ1n) is 15.6. The molecule has 10 nitrogen and oxygen atoms in total. The maximum absolute atomic E-state index is 13.7. The number of piperidine rings is 1. The second-order valence-corrected chi connectivity index (χ2v) is 12.9. The number of fused-ring (bicyclic) bond motifs is 1. The van der Waals surface area contributed by atoms with Crippen molar-refractivity contribution in [2.75, 3.05) is 13.1 Å². The summed E-state index contributed by atoms with van der Waals surface area (Å²) in [5.74, 6) is -2.00. The summed E-state index contributed by atoms with van der Waals surface area (Å²) in [4.78, 5) is 54.0. The van der Waals surface area contributed by atoms with Gasteiger partial charge in [-0.2, -0.15) is 0 Å². The normalized spacial score (nSPS) is 17.6. The molecule has 240 valence electrons. The van der Waals surface area contributed by atoms with Crippen molar-refractivity contribution in [2.45, 2.75) is 82.6 Å². The number of likely N-dealkylation sites (tertiary alicyclic amines) is 1. The van der Waals surface area contributed by atoms with Crippen molar-refractivity contribution in [2.24, 2.45) is 5.73 Å². The first-order chi connectivity index (χ1) is 21.4. The van der Waals surface area contributed by atoms with Crippen LogP contribution < -0.4 is 21.7 Å². The van der Waals surface area contributed by atoms with Crippen LogP contribution in [-0.2, 0) is 20.8 Å². The minimum atomic E-state index is -1.26. The predicted molar refractivity (Wildman–Crippen MR) is 174 cm³/mol. The molecule has 10 heteroatoms.